The van der Waals surface area contributed by atoms with Crippen LogP contribution in [-0.4, -0.2) is 51.0 Å². The van der Waals surface area contributed by atoms with E-state index >= 15 is 0 Å². The van der Waals surface area contributed by atoms with Crippen molar-refractivity contribution >= 4 is 5.97 Å². The molecule has 17 heavy (non-hydrogen) atoms. The van der Waals surface area contributed by atoms with Crippen LogP contribution in [0.2, 0.25) is 0 Å². The number of carbonyl (C=O) groups is 1. The predicted molar refractivity (Wildman–Crippen MR) is 56.2 cm³/mol. The topological polar surface area (TPSA) is 97.5 Å². The summed E-state index contributed by atoms with van der Waals surface area (Å²) in [4.78, 5) is 11.2. The summed E-state index contributed by atoms with van der Waals surface area (Å²) in [6.07, 6.45) is 2.87. The fourth-order valence-corrected chi connectivity index (χ4v) is 1.80. The van der Waals surface area contributed by atoms with Crippen LogP contribution in [0.15, 0.2) is 17.8 Å². The molecule has 2 atom stereocenters. The highest BCUT2D eigenvalue weighted by Gasteiger charge is 2.28. The quantitative estimate of drug-likeness (QED) is 0.534. The van der Waals surface area contributed by atoms with Gasteiger partial charge in [0.25, 0.3) is 0 Å². The zero-order valence-electron chi connectivity index (χ0n) is 9.28. The first-order valence-electron chi connectivity index (χ1n) is 5.14. The Labute approximate surface area is 97.3 Å². The maximum Gasteiger partial charge on any atom is 0.360 e. The fourth-order valence-electron chi connectivity index (χ4n) is 1.80. The van der Waals surface area contributed by atoms with Crippen LogP contribution in [0.3, 0.4) is 0 Å². The molecule has 1 aliphatic carbocycles. The molecule has 2 N–H and O–H groups in total. The van der Waals surface area contributed by atoms with E-state index in [0.29, 0.717) is 6.42 Å². The highest BCUT2D eigenvalue weighted by Crippen LogP contribution is 2.27. The summed E-state index contributed by atoms with van der Waals surface area (Å²) in [5.41, 5.74) is 0.836. The third-order valence-corrected chi connectivity index (χ3v) is 2.69. The molecule has 7 nitrogen and oxygen atoms in total. The summed E-state index contributed by atoms with van der Waals surface area (Å²) in [5.74, 6) is -0.574. The standard InChI is InChI=1S/C10H13N3O4/c1-17-10(16)7-4-13(12-11-7)8-2-6(5-14)3-9(8)15/h2,4,8-9,14-15H,3,5H2,1H3/t8-,9?/m1/s1. The molecule has 0 aromatic carbocycles. The van der Waals surface area contributed by atoms with Crippen LogP contribution < -0.4 is 0 Å². The molecule has 0 saturated carbocycles. The zero-order valence-corrected chi connectivity index (χ0v) is 9.28. The first-order chi connectivity index (χ1) is 8.15. The smallest absolute Gasteiger partial charge is 0.360 e. The fraction of sp³-hybridized carbons (Fsp3) is 0.500. The molecular weight excluding hydrogens is 226 g/mol. The summed E-state index contributed by atoms with van der Waals surface area (Å²) in [7, 11) is 1.26. The van der Waals surface area contributed by atoms with Gasteiger partial charge < -0.3 is 14.9 Å². The number of rotatable bonds is 3. The molecular formula is C10H13N3O4. The van der Waals surface area contributed by atoms with E-state index in [0.717, 1.165) is 5.57 Å². The van der Waals surface area contributed by atoms with Gasteiger partial charge in [0.15, 0.2) is 5.69 Å². The van der Waals surface area contributed by atoms with Gasteiger partial charge in [-0.3, -0.25) is 0 Å². The number of esters is 1. The second-order valence-corrected chi connectivity index (χ2v) is 3.82. The van der Waals surface area contributed by atoms with Crippen molar-refractivity contribution in [3.05, 3.63) is 23.5 Å². The second kappa shape index (κ2) is 4.64. The van der Waals surface area contributed by atoms with E-state index in [2.05, 4.69) is 15.0 Å². The Bertz CT molecular complexity index is 454. The van der Waals surface area contributed by atoms with Gasteiger partial charge in [-0.2, -0.15) is 0 Å². The molecule has 92 valence electrons. The van der Waals surface area contributed by atoms with Crippen molar-refractivity contribution in [3.63, 3.8) is 0 Å². The van der Waals surface area contributed by atoms with Gasteiger partial charge in [0, 0.05) is 0 Å². The number of aliphatic hydroxyl groups excluding tert-OH is 2. The summed E-state index contributed by atoms with van der Waals surface area (Å²) in [6.45, 7) is -0.0912. The van der Waals surface area contributed by atoms with Crippen molar-refractivity contribution in [1.82, 2.24) is 15.0 Å². The minimum Gasteiger partial charge on any atom is -0.464 e. The van der Waals surface area contributed by atoms with Gasteiger partial charge in [-0.05, 0) is 12.0 Å². The maximum atomic E-state index is 11.2. The van der Waals surface area contributed by atoms with Crippen molar-refractivity contribution in [2.75, 3.05) is 13.7 Å². The van der Waals surface area contributed by atoms with Crippen LogP contribution in [0, 0.1) is 0 Å². The van der Waals surface area contributed by atoms with Gasteiger partial charge >= 0.3 is 5.97 Å². The first-order valence-corrected chi connectivity index (χ1v) is 5.14. The van der Waals surface area contributed by atoms with Gasteiger partial charge in [0.1, 0.15) is 0 Å². The monoisotopic (exact) mass is 239 g/mol. The van der Waals surface area contributed by atoms with E-state index in [-0.39, 0.29) is 12.3 Å². The van der Waals surface area contributed by atoms with Gasteiger partial charge in [-0.1, -0.05) is 11.3 Å². The summed E-state index contributed by atoms with van der Waals surface area (Å²) < 4.78 is 5.90. The lowest BCUT2D eigenvalue weighted by atomic mass is 10.2. The molecule has 0 spiro atoms. The molecule has 0 bridgehead atoms. The van der Waals surface area contributed by atoms with Gasteiger partial charge in [-0.25, -0.2) is 9.48 Å². The number of carbonyl (C=O) groups excluding carboxylic acids is 1. The molecule has 0 radical (unpaired) electrons. The number of aromatic nitrogens is 3. The zero-order chi connectivity index (χ0) is 12.4. The number of hydrogen-bond donors (Lipinski definition) is 2. The molecule has 1 aromatic rings. The molecule has 7 heteroatoms. The van der Waals surface area contributed by atoms with Crippen molar-refractivity contribution in [3.8, 4) is 0 Å². The lowest BCUT2D eigenvalue weighted by Gasteiger charge is -2.12. The van der Waals surface area contributed by atoms with E-state index in [1.807, 2.05) is 0 Å². The van der Waals surface area contributed by atoms with Crippen molar-refractivity contribution < 1.29 is 19.7 Å². The molecule has 0 saturated heterocycles. The Hall–Kier alpha value is -1.73. The molecule has 0 amide bonds. The van der Waals surface area contributed by atoms with Crippen LogP contribution in [0.5, 0.6) is 0 Å². The molecule has 2 rings (SSSR count). The van der Waals surface area contributed by atoms with E-state index in [4.69, 9.17) is 5.11 Å². The van der Waals surface area contributed by atoms with Crippen LogP contribution in [-0.2, 0) is 4.74 Å². The summed E-state index contributed by atoms with van der Waals surface area (Å²) >= 11 is 0. The van der Waals surface area contributed by atoms with Crippen molar-refractivity contribution in [2.45, 2.75) is 18.6 Å². The molecule has 0 aliphatic heterocycles. The number of ether oxygens (including phenoxy) is 1. The first kappa shape index (κ1) is 11.7. The minimum absolute atomic E-state index is 0.0885. The lowest BCUT2D eigenvalue weighted by molar-refractivity contribution is 0.0593. The predicted octanol–water partition coefficient (Wildman–Crippen LogP) is -0.711. The third kappa shape index (κ3) is 2.20. The largest absolute Gasteiger partial charge is 0.464 e. The Morgan fingerprint density at radius 1 is 1.71 bits per heavy atom. The van der Waals surface area contributed by atoms with E-state index in [1.54, 1.807) is 6.08 Å². The maximum absolute atomic E-state index is 11.2. The Balaban J connectivity index is 2.20. The van der Waals surface area contributed by atoms with E-state index in [9.17, 15) is 9.90 Å². The van der Waals surface area contributed by atoms with Gasteiger partial charge in [0.2, 0.25) is 0 Å². The Kier molecular flexibility index (Phi) is 3.21. The summed E-state index contributed by atoms with van der Waals surface area (Å²) in [6, 6.07) is -0.400. The molecule has 1 unspecified atom stereocenters. The lowest BCUT2D eigenvalue weighted by Crippen LogP contribution is -2.19. The van der Waals surface area contributed by atoms with Crippen LogP contribution >= 0.6 is 0 Å². The number of hydrogen-bond acceptors (Lipinski definition) is 6. The van der Waals surface area contributed by atoms with Gasteiger partial charge in [0.05, 0.1) is 32.1 Å². The number of aliphatic hydroxyl groups is 2. The third-order valence-electron chi connectivity index (χ3n) is 2.69. The van der Waals surface area contributed by atoms with Crippen LogP contribution in [0.4, 0.5) is 0 Å². The highest BCUT2D eigenvalue weighted by molar-refractivity contribution is 5.86. The van der Waals surface area contributed by atoms with E-state index < -0.39 is 18.1 Å². The van der Waals surface area contributed by atoms with Crippen LogP contribution in [0.1, 0.15) is 23.0 Å². The number of methoxy groups -OCH3 is 1. The van der Waals surface area contributed by atoms with Crippen molar-refractivity contribution in [2.24, 2.45) is 0 Å². The average Bonchev–Trinajstić information content (AvgIpc) is 2.94. The normalized spacial score (nSPS) is 23.6. The highest BCUT2D eigenvalue weighted by atomic mass is 16.5. The summed E-state index contributed by atoms with van der Waals surface area (Å²) in [5, 5.41) is 26.2. The SMILES string of the molecule is COC(=O)c1cn([C@@H]2C=C(CO)CC2O)nn1. The van der Waals surface area contributed by atoms with Crippen molar-refractivity contribution in [1.29, 1.82) is 0 Å². The van der Waals surface area contributed by atoms with E-state index in [1.165, 1.54) is 18.0 Å². The Morgan fingerprint density at radius 2 is 2.47 bits per heavy atom. The molecule has 1 aliphatic rings. The van der Waals surface area contributed by atoms with Gasteiger partial charge in [-0.15, -0.1) is 5.10 Å². The minimum atomic E-state index is -0.663. The molecule has 0 fully saturated rings. The molecule has 1 aromatic heterocycles. The second-order valence-electron chi connectivity index (χ2n) is 3.82. The van der Waals surface area contributed by atoms with Crippen LogP contribution in [0.25, 0.3) is 0 Å². The average molecular weight is 239 g/mol. The Morgan fingerprint density at radius 3 is 3.06 bits per heavy atom. The number of nitrogens with zero attached hydrogens (tertiary/aromatic N) is 3. The molecule has 1 heterocycles.